The monoisotopic (exact) mass is 372 g/mol. The van der Waals surface area contributed by atoms with E-state index < -0.39 is 44.2 Å². The minimum atomic E-state index is -5.17. The molecular weight excluding hydrogens is 361 g/mol. The van der Waals surface area contributed by atoms with Crippen LogP contribution in [0.15, 0.2) is 0 Å². The van der Waals surface area contributed by atoms with E-state index >= 15 is 0 Å². The molecule has 5 N–H and O–H groups in total. The molecule has 110 valence electrons. The molecule has 0 fully saturated rings. The molecule has 0 radical (unpaired) electrons. The Hall–Kier alpha value is 1.45. The van der Waals surface area contributed by atoms with Crippen molar-refractivity contribution in [3.05, 3.63) is 0 Å². The van der Waals surface area contributed by atoms with Crippen LogP contribution in [0.1, 0.15) is 15.7 Å². The zero-order chi connectivity index (χ0) is 13.9. The molecule has 0 aromatic rings. The van der Waals surface area contributed by atoms with E-state index in [-0.39, 0.29) is 96.2 Å². The predicted octanol–water partition coefficient (Wildman–Crippen LogP) is -7.04. The topological polar surface area (TPSA) is 179 Å². The smallest absolute Gasteiger partial charge is 1.00 e. The molecule has 0 saturated heterocycles. The fraction of sp³-hybridized carbons (Fsp3) is 0.500. The summed E-state index contributed by atoms with van der Waals surface area (Å²) in [4.78, 5) is 48.1. The van der Waals surface area contributed by atoms with E-state index in [4.69, 9.17) is 20.0 Å². The summed E-state index contributed by atoms with van der Waals surface area (Å²) in [5.74, 6) is -5.47. The SMILES string of the molecule is Cl.O=C(O)CC(O)(CC(=O)OP(=O)(O)O)C(=O)O.[H-].[H-].[K+].[Na+]. The number of carbonyl (C=O) groups is 3. The Bertz CT molecular complexity index is 409. The van der Waals surface area contributed by atoms with Crippen molar-refractivity contribution in [2.24, 2.45) is 0 Å². The third-order valence-corrected chi connectivity index (χ3v) is 1.94. The Morgan fingerprint density at radius 2 is 1.55 bits per heavy atom. The Kier molecular flexibility index (Phi) is 17.6. The molecule has 0 aliphatic carbocycles. The summed E-state index contributed by atoms with van der Waals surface area (Å²) in [6, 6.07) is 0. The van der Waals surface area contributed by atoms with Gasteiger partial charge in [0.2, 0.25) is 0 Å². The molecule has 1 atom stereocenters. The minimum absolute atomic E-state index is 0. The van der Waals surface area contributed by atoms with Crippen molar-refractivity contribution in [1.29, 1.82) is 0 Å². The van der Waals surface area contributed by atoms with Crippen LogP contribution in [-0.4, -0.2) is 48.6 Å². The van der Waals surface area contributed by atoms with Gasteiger partial charge in [-0.1, -0.05) is 0 Å². The summed E-state index contributed by atoms with van der Waals surface area (Å²) in [6.07, 6.45) is -2.72. The second-order valence-electron chi connectivity index (χ2n) is 3.04. The molecule has 14 heteroatoms. The van der Waals surface area contributed by atoms with Crippen molar-refractivity contribution >= 4 is 38.1 Å². The molecule has 0 amide bonds. The van der Waals surface area contributed by atoms with Gasteiger partial charge in [-0.2, -0.15) is 0 Å². The Balaban J connectivity index is -0.000000128. The van der Waals surface area contributed by atoms with Crippen LogP contribution in [0.25, 0.3) is 0 Å². The van der Waals surface area contributed by atoms with Gasteiger partial charge < -0.3 is 22.7 Å². The molecular formula is C6H12ClKNaO10P. The fourth-order valence-corrected chi connectivity index (χ4v) is 1.20. The molecule has 0 saturated carbocycles. The first-order valence-electron chi connectivity index (χ1n) is 3.92. The number of hydrogen-bond donors (Lipinski definition) is 5. The average Bonchev–Trinajstić information content (AvgIpc) is 1.96. The molecule has 0 aromatic carbocycles. The van der Waals surface area contributed by atoms with Crippen LogP contribution in [0.2, 0.25) is 0 Å². The van der Waals surface area contributed by atoms with Crippen LogP contribution < -0.4 is 80.9 Å². The standard InChI is InChI=1S/C6H9O10P.ClH.K.Na.2H/c7-3(8)1-6(12,5(10)11)2-4(9)16-17(13,14)15;;;;;/h12H,1-2H2,(H,7,8)(H,10,11)(H2,13,14,15);1H;;;;/q;;2*+1;2*-1. The van der Waals surface area contributed by atoms with Gasteiger partial charge in [0, 0.05) is 0 Å². The van der Waals surface area contributed by atoms with E-state index in [1.807, 2.05) is 0 Å². The van der Waals surface area contributed by atoms with E-state index in [9.17, 15) is 24.1 Å². The van der Waals surface area contributed by atoms with Gasteiger partial charge in [-0.25, -0.2) is 9.36 Å². The van der Waals surface area contributed by atoms with Crippen molar-refractivity contribution < 1.29 is 132 Å². The van der Waals surface area contributed by atoms with Crippen molar-refractivity contribution in [2.75, 3.05) is 0 Å². The normalized spacial score (nSPS) is 12.6. The van der Waals surface area contributed by atoms with E-state index in [1.165, 1.54) is 0 Å². The number of phosphoric ester groups is 1. The third-order valence-electron chi connectivity index (χ3n) is 1.50. The molecule has 0 aromatic heterocycles. The van der Waals surface area contributed by atoms with Gasteiger partial charge in [0.15, 0.2) is 5.60 Å². The number of carboxylic acid groups (broad SMARTS) is 2. The first-order chi connectivity index (χ1) is 7.46. The number of aliphatic hydroxyl groups is 1. The van der Waals surface area contributed by atoms with Gasteiger partial charge in [-0.15, -0.1) is 12.4 Å². The third kappa shape index (κ3) is 13.1. The van der Waals surface area contributed by atoms with Crippen LogP contribution in [0, 0.1) is 0 Å². The maximum Gasteiger partial charge on any atom is 1.00 e. The molecule has 0 rings (SSSR count). The number of carboxylic acids is 2. The molecule has 0 aliphatic rings. The van der Waals surface area contributed by atoms with Crippen molar-refractivity contribution in [2.45, 2.75) is 18.4 Å². The molecule has 1 unspecified atom stereocenters. The predicted molar refractivity (Wildman–Crippen MR) is 57.1 cm³/mol. The summed E-state index contributed by atoms with van der Waals surface area (Å²) in [7, 11) is -5.17. The van der Waals surface area contributed by atoms with Crippen LogP contribution in [0.5, 0.6) is 0 Å². The number of halogens is 1. The second-order valence-corrected chi connectivity index (χ2v) is 4.20. The van der Waals surface area contributed by atoms with Crippen LogP contribution in [-0.2, 0) is 23.5 Å². The van der Waals surface area contributed by atoms with Crippen LogP contribution in [0.4, 0.5) is 0 Å². The maximum absolute atomic E-state index is 10.8. The molecule has 0 spiro atoms. The Labute approximate surface area is 186 Å². The van der Waals surface area contributed by atoms with E-state index in [0.29, 0.717) is 0 Å². The van der Waals surface area contributed by atoms with Gasteiger partial charge in [0.05, 0.1) is 12.8 Å². The number of aliphatic carboxylic acids is 2. The Morgan fingerprint density at radius 3 is 1.80 bits per heavy atom. The molecule has 0 heterocycles. The van der Waals surface area contributed by atoms with Crippen molar-refractivity contribution in [3.8, 4) is 0 Å². The van der Waals surface area contributed by atoms with Gasteiger partial charge in [-0.3, -0.25) is 19.4 Å². The van der Waals surface area contributed by atoms with Gasteiger partial charge in [-0.05, 0) is 0 Å². The van der Waals surface area contributed by atoms with E-state index in [1.54, 1.807) is 0 Å². The minimum Gasteiger partial charge on any atom is -1.00 e. The summed E-state index contributed by atoms with van der Waals surface area (Å²) in [6.45, 7) is 0. The second kappa shape index (κ2) is 11.9. The van der Waals surface area contributed by atoms with E-state index in [0.717, 1.165) is 0 Å². The quantitative estimate of drug-likeness (QED) is 0.222. The van der Waals surface area contributed by atoms with Crippen LogP contribution in [0.3, 0.4) is 0 Å². The first kappa shape index (κ1) is 29.5. The maximum atomic E-state index is 10.8. The first-order valence-corrected chi connectivity index (χ1v) is 5.45. The van der Waals surface area contributed by atoms with Gasteiger partial charge in [0.1, 0.15) is 0 Å². The molecule has 10 nitrogen and oxygen atoms in total. The summed E-state index contributed by atoms with van der Waals surface area (Å²) in [5, 5.41) is 26.1. The fourth-order valence-electron chi connectivity index (χ4n) is 0.868. The number of hydrogen-bond acceptors (Lipinski definition) is 6. The largest absolute Gasteiger partial charge is 1.00 e. The summed E-state index contributed by atoms with van der Waals surface area (Å²) in [5.41, 5.74) is -2.99. The zero-order valence-corrected chi connectivity index (χ0v) is 17.4. The number of rotatable bonds is 6. The van der Waals surface area contributed by atoms with Gasteiger partial charge in [0.25, 0.3) is 0 Å². The Morgan fingerprint density at radius 1 is 1.15 bits per heavy atom. The average molecular weight is 373 g/mol. The number of carbonyl (C=O) groups excluding carboxylic acids is 1. The number of phosphoric acid groups is 1. The molecule has 0 bridgehead atoms. The van der Waals surface area contributed by atoms with Crippen molar-refractivity contribution in [1.82, 2.24) is 0 Å². The van der Waals surface area contributed by atoms with Crippen LogP contribution >= 0.6 is 20.2 Å². The molecule has 0 aliphatic heterocycles. The molecule has 20 heavy (non-hydrogen) atoms. The van der Waals surface area contributed by atoms with E-state index in [2.05, 4.69) is 4.52 Å². The summed E-state index contributed by atoms with van der Waals surface area (Å²) >= 11 is 0. The van der Waals surface area contributed by atoms with Gasteiger partial charge >= 0.3 is 107 Å². The van der Waals surface area contributed by atoms with Crippen molar-refractivity contribution in [3.63, 3.8) is 0 Å². The summed E-state index contributed by atoms with van der Waals surface area (Å²) < 4.78 is 13.7. The zero-order valence-electron chi connectivity index (χ0n) is 12.5.